The van der Waals surface area contributed by atoms with Crippen LogP contribution >= 0.6 is 11.6 Å². The van der Waals surface area contributed by atoms with Gasteiger partial charge >= 0.3 is 6.18 Å². The number of benzene rings is 2. The Kier molecular flexibility index (Phi) is 4.78. The fraction of sp³-hybridized carbons (Fsp3) is 0.176. The Morgan fingerprint density at radius 2 is 1.96 bits per heavy atom. The Hall–Kier alpha value is -2.74. The molecule has 3 rings (SSSR count). The van der Waals surface area contributed by atoms with Gasteiger partial charge in [0.15, 0.2) is 6.10 Å². The predicted molar refractivity (Wildman–Crippen MR) is 89.2 cm³/mol. The smallest absolute Gasteiger partial charge is 0.417 e. The van der Waals surface area contributed by atoms with Gasteiger partial charge in [0.1, 0.15) is 5.75 Å². The van der Waals surface area contributed by atoms with Crippen LogP contribution in [0.5, 0.6) is 5.75 Å². The summed E-state index contributed by atoms with van der Waals surface area (Å²) in [6.45, 7) is 0. The molecule has 0 saturated heterocycles. The highest BCUT2D eigenvalue weighted by atomic mass is 35.5. The molecule has 0 radical (unpaired) electrons. The molecule has 136 valence electrons. The molecule has 2 amide bonds. The maximum atomic E-state index is 12.9. The quantitative estimate of drug-likeness (QED) is 0.837. The summed E-state index contributed by atoms with van der Waals surface area (Å²) >= 11 is 5.53. The van der Waals surface area contributed by atoms with Crippen molar-refractivity contribution in [1.82, 2.24) is 0 Å². The molecular weight excluding hydrogens is 373 g/mol. The fourth-order valence-corrected chi connectivity index (χ4v) is 2.65. The number of anilines is 2. The minimum absolute atomic E-state index is 0.0802. The van der Waals surface area contributed by atoms with E-state index in [1.54, 1.807) is 24.3 Å². The van der Waals surface area contributed by atoms with Crippen molar-refractivity contribution in [1.29, 1.82) is 0 Å². The number of alkyl halides is 3. The number of hydrogen-bond acceptors (Lipinski definition) is 3. The van der Waals surface area contributed by atoms with E-state index in [0.29, 0.717) is 11.4 Å². The zero-order valence-corrected chi connectivity index (χ0v) is 13.8. The van der Waals surface area contributed by atoms with E-state index in [4.69, 9.17) is 16.3 Å². The lowest BCUT2D eigenvalue weighted by Gasteiger charge is -2.25. The number of rotatable bonds is 3. The molecule has 0 bridgehead atoms. The minimum Gasteiger partial charge on any atom is -0.478 e. The highest BCUT2D eigenvalue weighted by Crippen LogP contribution is 2.36. The summed E-state index contributed by atoms with van der Waals surface area (Å²) in [6.07, 6.45) is -6.09. The van der Waals surface area contributed by atoms with Crippen molar-refractivity contribution in [2.24, 2.45) is 0 Å². The largest absolute Gasteiger partial charge is 0.478 e. The predicted octanol–water partition coefficient (Wildman–Crippen LogP) is 4.09. The van der Waals surface area contributed by atoms with Crippen molar-refractivity contribution in [3.8, 4) is 5.75 Å². The number of para-hydroxylation sites is 2. The molecule has 1 aliphatic rings. The number of hydrogen-bond donors (Lipinski definition) is 2. The van der Waals surface area contributed by atoms with Crippen molar-refractivity contribution < 1.29 is 27.5 Å². The van der Waals surface area contributed by atoms with Crippen LogP contribution in [0.1, 0.15) is 12.0 Å². The van der Waals surface area contributed by atoms with Crippen molar-refractivity contribution in [3.05, 3.63) is 53.1 Å². The van der Waals surface area contributed by atoms with Gasteiger partial charge in [0.2, 0.25) is 5.91 Å². The molecule has 5 nitrogen and oxygen atoms in total. The molecule has 0 spiro atoms. The Bertz CT molecular complexity index is 871. The van der Waals surface area contributed by atoms with Crippen LogP contribution in [-0.2, 0) is 15.8 Å². The second-order valence-electron chi connectivity index (χ2n) is 5.54. The van der Waals surface area contributed by atoms with E-state index >= 15 is 0 Å². The van der Waals surface area contributed by atoms with Gasteiger partial charge in [-0.1, -0.05) is 23.7 Å². The van der Waals surface area contributed by atoms with E-state index < -0.39 is 34.7 Å². The van der Waals surface area contributed by atoms with Crippen molar-refractivity contribution in [2.45, 2.75) is 18.7 Å². The lowest BCUT2D eigenvalue weighted by molar-refractivity contribution is -0.137. The van der Waals surface area contributed by atoms with Crippen LogP contribution in [0.3, 0.4) is 0 Å². The van der Waals surface area contributed by atoms with E-state index in [2.05, 4.69) is 10.6 Å². The second kappa shape index (κ2) is 6.87. The normalized spacial score (nSPS) is 16.3. The highest BCUT2D eigenvalue weighted by molar-refractivity contribution is 6.31. The van der Waals surface area contributed by atoms with Gasteiger partial charge in [0.05, 0.1) is 22.7 Å². The highest BCUT2D eigenvalue weighted by Gasteiger charge is 2.34. The van der Waals surface area contributed by atoms with Gasteiger partial charge in [-0.25, -0.2) is 0 Å². The van der Waals surface area contributed by atoms with Gasteiger partial charge in [-0.2, -0.15) is 13.2 Å². The molecule has 26 heavy (non-hydrogen) atoms. The lowest BCUT2D eigenvalue weighted by atomic mass is 10.1. The summed E-state index contributed by atoms with van der Waals surface area (Å²) in [5.41, 5.74) is -0.650. The first-order valence-corrected chi connectivity index (χ1v) is 7.85. The van der Waals surface area contributed by atoms with Gasteiger partial charge in [0.25, 0.3) is 5.91 Å². The summed E-state index contributed by atoms with van der Waals surface area (Å²) in [6, 6.07) is 9.72. The van der Waals surface area contributed by atoms with Crippen LogP contribution in [0.4, 0.5) is 24.5 Å². The van der Waals surface area contributed by atoms with Gasteiger partial charge in [-0.15, -0.1) is 0 Å². The van der Waals surface area contributed by atoms with Crippen LogP contribution in [-0.4, -0.2) is 17.9 Å². The zero-order chi connectivity index (χ0) is 18.9. The molecule has 1 atom stereocenters. The fourth-order valence-electron chi connectivity index (χ4n) is 2.43. The first-order chi connectivity index (χ1) is 12.2. The molecule has 0 aliphatic carbocycles. The molecule has 2 aromatic rings. The number of halogens is 4. The summed E-state index contributed by atoms with van der Waals surface area (Å²) in [7, 11) is 0. The Balaban J connectivity index is 1.69. The monoisotopic (exact) mass is 384 g/mol. The molecule has 0 aromatic heterocycles. The maximum absolute atomic E-state index is 12.9. The third-order valence-corrected chi connectivity index (χ3v) is 3.96. The van der Waals surface area contributed by atoms with E-state index in [9.17, 15) is 22.8 Å². The molecule has 0 saturated carbocycles. The third-order valence-electron chi connectivity index (χ3n) is 3.63. The Morgan fingerprint density at radius 1 is 1.23 bits per heavy atom. The van der Waals surface area contributed by atoms with E-state index in [1.165, 1.54) is 6.07 Å². The van der Waals surface area contributed by atoms with Gasteiger partial charge in [-0.05, 0) is 30.3 Å². The van der Waals surface area contributed by atoms with Crippen LogP contribution in [0.25, 0.3) is 0 Å². The Morgan fingerprint density at radius 3 is 2.69 bits per heavy atom. The van der Waals surface area contributed by atoms with Crippen molar-refractivity contribution in [2.75, 3.05) is 10.6 Å². The molecule has 9 heteroatoms. The number of fused-ring (bicyclic) bond motifs is 1. The van der Waals surface area contributed by atoms with Gasteiger partial charge in [-0.3, -0.25) is 9.59 Å². The molecule has 1 unspecified atom stereocenters. The summed E-state index contributed by atoms with van der Waals surface area (Å²) < 4.78 is 44.1. The molecule has 2 N–H and O–H groups in total. The van der Waals surface area contributed by atoms with Crippen molar-refractivity contribution >= 4 is 34.8 Å². The van der Waals surface area contributed by atoms with Gasteiger partial charge < -0.3 is 15.4 Å². The van der Waals surface area contributed by atoms with Crippen LogP contribution in [0, 0.1) is 0 Å². The van der Waals surface area contributed by atoms with Crippen LogP contribution in [0.2, 0.25) is 5.02 Å². The number of ether oxygens (including phenoxy) is 1. The van der Waals surface area contributed by atoms with Crippen LogP contribution in [0.15, 0.2) is 42.5 Å². The molecule has 2 aromatic carbocycles. The summed E-state index contributed by atoms with van der Waals surface area (Å²) in [5, 5.41) is 4.45. The third kappa shape index (κ3) is 3.91. The number of carbonyl (C=O) groups is 2. The molecule has 0 fully saturated rings. The first kappa shape index (κ1) is 18.1. The van der Waals surface area contributed by atoms with Crippen LogP contribution < -0.4 is 15.4 Å². The maximum Gasteiger partial charge on any atom is 0.417 e. The number of nitrogens with one attached hydrogen (secondary N) is 2. The first-order valence-electron chi connectivity index (χ1n) is 7.47. The van der Waals surface area contributed by atoms with Crippen molar-refractivity contribution in [3.63, 3.8) is 0 Å². The average molecular weight is 385 g/mol. The lowest BCUT2D eigenvalue weighted by Crippen LogP contribution is -2.39. The van der Waals surface area contributed by atoms with E-state index in [1.807, 2.05) is 0 Å². The summed E-state index contributed by atoms with van der Waals surface area (Å²) in [4.78, 5) is 24.1. The van der Waals surface area contributed by atoms with E-state index in [0.717, 1.165) is 12.1 Å². The zero-order valence-electron chi connectivity index (χ0n) is 13.1. The molecule has 1 aliphatic heterocycles. The minimum atomic E-state index is -4.64. The number of amides is 2. The SMILES string of the molecule is O=C(CC1Oc2ccccc2NC1=O)Nc1ccc(Cl)c(C(F)(F)F)c1. The van der Waals surface area contributed by atoms with E-state index in [-0.39, 0.29) is 12.1 Å². The molecular formula is C17H12ClF3N2O3. The number of carbonyl (C=O) groups excluding carboxylic acids is 2. The average Bonchev–Trinajstić information content (AvgIpc) is 2.56. The standard InChI is InChI=1S/C17H12ClF3N2O3/c18-11-6-5-9(7-10(11)17(19,20)21)22-15(24)8-14-16(25)23-12-3-1-2-4-13(12)26-14/h1-7,14H,8H2,(H,22,24)(H,23,25). The molecule has 1 heterocycles. The topological polar surface area (TPSA) is 67.4 Å². The van der Waals surface area contributed by atoms with Gasteiger partial charge in [0, 0.05) is 5.69 Å². The second-order valence-corrected chi connectivity index (χ2v) is 5.94. The summed E-state index contributed by atoms with van der Waals surface area (Å²) in [5.74, 6) is -0.762. The Labute approximate surface area is 151 Å².